The number of amides is 2. The Balaban J connectivity index is 2.35. The molecule has 1 aromatic heterocycles. The normalized spacial score (nSPS) is 9.69. The van der Waals surface area contributed by atoms with E-state index in [1.165, 1.54) is 7.11 Å². The summed E-state index contributed by atoms with van der Waals surface area (Å²) < 4.78 is 1.69. The fourth-order valence-electron chi connectivity index (χ4n) is 0.874. The second-order valence-electron chi connectivity index (χ2n) is 2.44. The van der Waals surface area contributed by atoms with Crippen LogP contribution in [0.1, 0.15) is 5.69 Å². The minimum absolute atomic E-state index is 0.372. The minimum Gasteiger partial charge on any atom is -0.331 e. The van der Waals surface area contributed by atoms with Crippen LogP contribution in [-0.4, -0.2) is 22.9 Å². The van der Waals surface area contributed by atoms with Crippen molar-refractivity contribution < 1.29 is 9.63 Å². The number of hydrogen-bond acceptors (Lipinski definition) is 3. The fourth-order valence-corrected chi connectivity index (χ4v) is 0.874. The molecule has 0 fully saturated rings. The van der Waals surface area contributed by atoms with E-state index >= 15 is 0 Å². The van der Waals surface area contributed by atoms with Crippen molar-refractivity contribution in [3.8, 4) is 0 Å². The molecule has 0 bridgehead atoms. The van der Waals surface area contributed by atoms with Crippen LogP contribution < -0.4 is 10.8 Å². The quantitative estimate of drug-likeness (QED) is 0.638. The molecule has 0 aliphatic rings. The number of carbonyl (C=O) groups excluding carboxylic acids is 1. The highest BCUT2D eigenvalue weighted by Crippen LogP contribution is 1.94. The van der Waals surface area contributed by atoms with Gasteiger partial charge in [0.05, 0.1) is 19.3 Å². The molecule has 0 atom stereocenters. The summed E-state index contributed by atoms with van der Waals surface area (Å²) in [5.74, 6) is 0. The lowest BCUT2D eigenvalue weighted by Crippen LogP contribution is -2.34. The smallest absolute Gasteiger partial charge is 0.331 e. The van der Waals surface area contributed by atoms with Gasteiger partial charge in [0.25, 0.3) is 0 Å². The van der Waals surface area contributed by atoms with E-state index in [1.54, 1.807) is 10.9 Å². The van der Waals surface area contributed by atoms with Crippen molar-refractivity contribution in [3.05, 3.63) is 18.0 Å². The van der Waals surface area contributed by atoms with Gasteiger partial charge in [0.15, 0.2) is 0 Å². The van der Waals surface area contributed by atoms with Gasteiger partial charge in [-0.1, -0.05) is 0 Å². The standard InChI is InChI=1S/C7H12N4O2/c1-11-6(3-4-9-11)5-8-7(12)10-13-2/h3-4H,5H2,1-2H3,(H2,8,10,12). The number of carbonyl (C=O) groups is 1. The Morgan fingerprint density at radius 1 is 1.77 bits per heavy atom. The maximum absolute atomic E-state index is 10.9. The summed E-state index contributed by atoms with van der Waals surface area (Å²) in [6, 6.07) is 1.45. The molecule has 0 saturated heterocycles. The highest BCUT2D eigenvalue weighted by Gasteiger charge is 2.01. The Kier molecular flexibility index (Phi) is 3.27. The van der Waals surface area contributed by atoms with Crippen molar-refractivity contribution in [2.24, 2.45) is 7.05 Å². The monoisotopic (exact) mass is 184 g/mol. The van der Waals surface area contributed by atoms with Crippen molar-refractivity contribution in [2.45, 2.75) is 6.54 Å². The lowest BCUT2D eigenvalue weighted by atomic mass is 10.4. The largest absolute Gasteiger partial charge is 0.339 e. The summed E-state index contributed by atoms with van der Waals surface area (Å²) in [5.41, 5.74) is 3.07. The van der Waals surface area contributed by atoms with E-state index in [0.29, 0.717) is 6.54 Å². The Morgan fingerprint density at radius 2 is 2.54 bits per heavy atom. The van der Waals surface area contributed by atoms with Crippen LogP contribution >= 0.6 is 0 Å². The zero-order valence-electron chi connectivity index (χ0n) is 7.57. The first-order chi connectivity index (χ1) is 6.24. The molecule has 6 heteroatoms. The van der Waals surface area contributed by atoms with Gasteiger partial charge < -0.3 is 5.32 Å². The third kappa shape index (κ3) is 2.75. The van der Waals surface area contributed by atoms with Gasteiger partial charge in [-0.3, -0.25) is 9.52 Å². The molecule has 2 amide bonds. The molecule has 13 heavy (non-hydrogen) atoms. The lowest BCUT2D eigenvalue weighted by Gasteiger charge is -2.05. The molecule has 0 radical (unpaired) electrons. The number of hydrogen-bond donors (Lipinski definition) is 2. The molecule has 0 aromatic carbocycles. The van der Waals surface area contributed by atoms with Crippen LogP contribution in [0.4, 0.5) is 4.79 Å². The molecular weight excluding hydrogens is 172 g/mol. The fraction of sp³-hybridized carbons (Fsp3) is 0.429. The molecule has 0 aliphatic carbocycles. The van der Waals surface area contributed by atoms with E-state index in [2.05, 4.69) is 20.7 Å². The molecule has 6 nitrogen and oxygen atoms in total. The number of aromatic nitrogens is 2. The zero-order valence-corrected chi connectivity index (χ0v) is 7.57. The van der Waals surface area contributed by atoms with E-state index in [1.807, 2.05) is 13.1 Å². The molecule has 1 rings (SSSR count). The first-order valence-electron chi connectivity index (χ1n) is 3.77. The number of rotatable bonds is 3. The van der Waals surface area contributed by atoms with Crippen LogP contribution in [0.5, 0.6) is 0 Å². The molecule has 0 aliphatic heterocycles. The summed E-state index contributed by atoms with van der Waals surface area (Å²) >= 11 is 0. The Labute approximate surface area is 75.8 Å². The van der Waals surface area contributed by atoms with Crippen molar-refractivity contribution >= 4 is 6.03 Å². The molecule has 1 heterocycles. The van der Waals surface area contributed by atoms with Gasteiger partial charge in [0, 0.05) is 13.2 Å². The van der Waals surface area contributed by atoms with Crippen LogP contribution in [0.25, 0.3) is 0 Å². The highest BCUT2D eigenvalue weighted by atomic mass is 16.6. The van der Waals surface area contributed by atoms with E-state index in [4.69, 9.17) is 0 Å². The molecule has 0 unspecified atom stereocenters. The molecule has 2 N–H and O–H groups in total. The number of nitrogens with zero attached hydrogens (tertiary/aromatic N) is 2. The second-order valence-corrected chi connectivity index (χ2v) is 2.44. The summed E-state index contributed by atoms with van der Waals surface area (Å²) in [6.45, 7) is 0.422. The number of hydroxylamine groups is 1. The maximum Gasteiger partial charge on any atom is 0.339 e. The van der Waals surface area contributed by atoms with Gasteiger partial charge in [0.1, 0.15) is 0 Å². The van der Waals surface area contributed by atoms with Crippen LogP contribution in [0.2, 0.25) is 0 Å². The van der Waals surface area contributed by atoms with Crippen LogP contribution in [-0.2, 0) is 18.4 Å². The van der Waals surface area contributed by atoms with E-state index in [-0.39, 0.29) is 6.03 Å². The van der Waals surface area contributed by atoms with Crippen molar-refractivity contribution in [3.63, 3.8) is 0 Å². The van der Waals surface area contributed by atoms with E-state index in [9.17, 15) is 4.79 Å². The van der Waals surface area contributed by atoms with Crippen molar-refractivity contribution in [2.75, 3.05) is 7.11 Å². The van der Waals surface area contributed by atoms with Gasteiger partial charge in [-0.15, -0.1) is 0 Å². The molecule has 1 aromatic rings. The molecule has 0 spiro atoms. The predicted octanol–water partition coefficient (Wildman–Crippen LogP) is -0.219. The molecule has 0 saturated carbocycles. The number of aryl methyl sites for hydroxylation is 1. The first-order valence-corrected chi connectivity index (χ1v) is 3.77. The number of nitrogens with one attached hydrogen (secondary N) is 2. The van der Waals surface area contributed by atoms with Crippen molar-refractivity contribution in [1.29, 1.82) is 0 Å². The molecule has 72 valence electrons. The number of urea groups is 1. The second kappa shape index (κ2) is 4.46. The van der Waals surface area contributed by atoms with Crippen molar-refractivity contribution in [1.82, 2.24) is 20.6 Å². The topological polar surface area (TPSA) is 68.2 Å². The molecular formula is C7H12N4O2. The summed E-state index contributed by atoms with van der Waals surface area (Å²) in [6.07, 6.45) is 1.67. The Bertz CT molecular complexity index is 284. The van der Waals surface area contributed by atoms with E-state index in [0.717, 1.165) is 5.69 Å². The third-order valence-corrected chi connectivity index (χ3v) is 1.55. The van der Waals surface area contributed by atoms with Gasteiger partial charge >= 0.3 is 6.03 Å². The van der Waals surface area contributed by atoms with Crippen LogP contribution in [0.15, 0.2) is 12.3 Å². The maximum atomic E-state index is 10.9. The summed E-state index contributed by atoms with van der Waals surface area (Å²) in [4.78, 5) is 15.3. The summed E-state index contributed by atoms with van der Waals surface area (Å²) in [7, 11) is 3.19. The van der Waals surface area contributed by atoms with Gasteiger partial charge in [-0.25, -0.2) is 10.3 Å². The Hall–Kier alpha value is -1.56. The third-order valence-electron chi connectivity index (χ3n) is 1.55. The zero-order chi connectivity index (χ0) is 9.68. The van der Waals surface area contributed by atoms with E-state index < -0.39 is 0 Å². The first kappa shape index (κ1) is 9.53. The average molecular weight is 184 g/mol. The van der Waals surface area contributed by atoms with Gasteiger partial charge in [-0.05, 0) is 6.07 Å². The van der Waals surface area contributed by atoms with Crippen LogP contribution in [0.3, 0.4) is 0 Å². The lowest BCUT2D eigenvalue weighted by molar-refractivity contribution is 0.107. The van der Waals surface area contributed by atoms with Gasteiger partial charge in [0.2, 0.25) is 0 Å². The van der Waals surface area contributed by atoms with Gasteiger partial charge in [-0.2, -0.15) is 5.10 Å². The average Bonchev–Trinajstić information content (AvgIpc) is 2.48. The Morgan fingerprint density at radius 3 is 3.08 bits per heavy atom. The minimum atomic E-state index is -0.372. The summed E-state index contributed by atoms with van der Waals surface area (Å²) in [5, 5.41) is 6.55. The SMILES string of the molecule is CONC(=O)NCc1ccnn1C. The predicted molar refractivity (Wildman–Crippen MR) is 45.6 cm³/mol. The van der Waals surface area contributed by atoms with Crippen LogP contribution in [0, 0.1) is 0 Å². The highest BCUT2D eigenvalue weighted by molar-refractivity contribution is 5.72.